The molecule has 0 spiro atoms. The largest absolute Gasteiger partial charge is 0.484 e. The molecule has 2 rings (SSSR count). The molecule has 1 N–H and O–H groups in total. The highest BCUT2D eigenvalue weighted by Gasteiger charge is 2.11. The number of amides is 1. The molecule has 2 aromatic rings. The van der Waals surface area contributed by atoms with Crippen molar-refractivity contribution in [3.8, 4) is 5.75 Å². The standard InChI is InChI=1S/C16H15BrN2O4/c1-11(12-2-4-13(17)5-3-12)18-16(20)10-23-15-8-6-14(7-9-15)19(21)22/h2-9,11H,10H2,1H3,(H,18,20). The minimum atomic E-state index is -0.490. The van der Waals surface area contributed by atoms with Gasteiger partial charge in [-0.2, -0.15) is 0 Å². The summed E-state index contributed by atoms with van der Waals surface area (Å²) in [6.07, 6.45) is 0. The maximum absolute atomic E-state index is 11.9. The lowest BCUT2D eigenvalue weighted by Gasteiger charge is -2.14. The number of halogens is 1. The number of carbonyl (C=O) groups is 1. The third-order valence-corrected chi connectivity index (χ3v) is 3.69. The summed E-state index contributed by atoms with van der Waals surface area (Å²) in [4.78, 5) is 22.0. The lowest BCUT2D eigenvalue weighted by Crippen LogP contribution is -2.31. The van der Waals surface area contributed by atoms with Crippen LogP contribution in [-0.4, -0.2) is 17.4 Å². The summed E-state index contributed by atoms with van der Waals surface area (Å²) >= 11 is 3.36. The summed E-state index contributed by atoms with van der Waals surface area (Å²) in [7, 11) is 0. The molecule has 0 heterocycles. The van der Waals surface area contributed by atoms with Crippen LogP contribution in [0.3, 0.4) is 0 Å². The number of non-ortho nitro benzene ring substituents is 1. The van der Waals surface area contributed by atoms with Crippen LogP contribution >= 0.6 is 15.9 Å². The van der Waals surface area contributed by atoms with Gasteiger partial charge in [0.25, 0.3) is 11.6 Å². The minimum Gasteiger partial charge on any atom is -0.484 e. The minimum absolute atomic E-state index is 0.0225. The van der Waals surface area contributed by atoms with Crippen molar-refractivity contribution in [2.24, 2.45) is 0 Å². The van der Waals surface area contributed by atoms with Crippen LogP contribution < -0.4 is 10.1 Å². The second-order valence-corrected chi connectivity index (χ2v) is 5.80. The highest BCUT2D eigenvalue weighted by molar-refractivity contribution is 9.10. The number of nitro groups is 1. The SMILES string of the molecule is CC(NC(=O)COc1ccc([N+](=O)[O-])cc1)c1ccc(Br)cc1. The average Bonchev–Trinajstić information content (AvgIpc) is 2.54. The van der Waals surface area contributed by atoms with Crippen molar-refractivity contribution in [3.05, 3.63) is 68.7 Å². The third kappa shape index (κ3) is 5.07. The van der Waals surface area contributed by atoms with E-state index in [4.69, 9.17) is 4.74 Å². The molecule has 1 unspecified atom stereocenters. The topological polar surface area (TPSA) is 81.5 Å². The smallest absolute Gasteiger partial charge is 0.269 e. The van der Waals surface area contributed by atoms with Gasteiger partial charge >= 0.3 is 0 Å². The number of nitrogens with zero attached hydrogens (tertiary/aromatic N) is 1. The number of nitro benzene ring substituents is 1. The Kier molecular flexibility index (Phi) is 5.70. The predicted molar refractivity (Wildman–Crippen MR) is 89.3 cm³/mol. The molecule has 0 aromatic heterocycles. The Morgan fingerprint density at radius 3 is 2.39 bits per heavy atom. The first-order chi connectivity index (χ1) is 11.0. The van der Waals surface area contributed by atoms with Crippen LogP contribution in [0.15, 0.2) is 53.0 Å². The zero-order chi connectivity index (χ0) is 16.8. The van der Waals surface area contributed by atoms with E-state index in [0.717, 1.165) is 10.0 Å². The molecule has 0 aliphatic heterocycles. The number of carbonyl (C=O) groups excluding carboxylic acids is 1. The van der Waals surface area contributed by atoms with Crippen molar-refractivity contribution in [2.45, 2.75) is 13.0 Å². The molecule has 120 valence electrons. The predicted octanol–water partition coefficient (Wildman–Crippen LogP) is 3.61. The Hall–Kier alpha value is -2.41. The average molecular weight is 379 g/mol. The van der Waals surface area contributed by atoms with Gasteiger partial charge in [0.2, 0.25) is 0 Å². The van der Waals surface area contributed by atoms with E-state index in [1.807, 2.05) is 31.2 Å². The Bertz CT molecular complexity index is 686. The van der Waals surface area contributed by atoms with Gasteiger partial charge in [0, 0.05) is 16.6 Å². The maximum Gasteiger partial charge on any atom is 0.269 e. The van der Waals surface area contributed by atoms with Crippen LogP contribution in [0.5, 0.6) is 5.75 Å². The van der Waals surface area contributed by atoms with E-state index in [0.29, 0.717) is 5.75 Å². The quantitative estimate of drug-likeness (QED) is 0.614. The van der Waals surface area contributed by atoms with Crippen molar-refractivity contribution in [3.63, 3.8) is 0 Å². The first-order valence-electron chi connectivity index (χ1n) is 6.88. The van der Waals surface area contributed by atoms with E-state index in [1.54, 1.807) is 0 Å². The molecule has 0 bridgehead atoms. The van der Waals surface area contributed by atoms with Gasteiger partial charge in [-0.1, -0.05) is 28.1 Å². The van der Waals surface area contributed by atoms with E-state index in [1.165, 1.54) is 24.3 Å². The van der Waals surface area contributed by atoms with Crippen molar-refractivity contribution < 1.29 is 14.5 Å². The lowest BCUT2D eigenvalue weighted by atomic mass is 10.1. The number of nitrogens with one attached hydrogen (secondary N) is 1. The zero-order valence-electron chi connectivity index (χ0n) is 12.4. The fourth-order valence-electron chi connectivity index (χ4n) is 1.93. The van der Waals surface area contributed by atoms with Gasteiger partial charge in [0.15, 0.2) is 6.61 Å². The molecule has 1 amide bonds. The van der Waals surface area contributed by atoms with Gasteiger partial charge in [-0.15, -0.1) is 0 Å². The first kappa shape index (κ1) is 17.0. The monoisotopic (exact) mass is 378 g/mol. The van der Waals surface area contributed by atoms with Crippen molar-refractivity contribution in [1.82, 2.24) is 5.32 Å². The molecule has 23 heavy (non-hydrogen) atoms. The Labute approximate surface area is 141 Å². The number of hydrogen-bond acceptors (Lipinski definition) is 4. The highest BCUT2D eigenvalue weighted by atomic mass is 79.9. The summed E-state index contributed by atoms with van der Waals surface area (Å²) in [6.45, 7) is 1.73. The normalized spacial score (nSPS) is 11.6. The number of benzene rings is 2. The van der Waals surface area contributed by atoms with Crippen molar-refractivity contribution in [2.75, 3.05) is 6.61 Å². The van der Waals surface area contributed by atoms with E-state index in [9.17, 15) is 14.9 Å². The summed E-state index contributed by atoms with van der Waals surface area (Å²) < 4.78 is 6.29. The number of rotatable bonds is 6. The summed E-state index contributed by atoms with van der Waals surface area (Å²) in [5, 5.41) is 13.4. The first-order valence-corrected chi connectivity index (χ1v) is 7.67. The second-order valence-electron chi connectivity index (χ2n) is 4.88. The van der Waals surface area contributed by atoms with Gasteiger partial charge in [0.05, 0.1) is 11.0 Å². The van der Waals surface area contributed by atoms with Crippen molar-refractivity contribution in [1.29, 1.82) is 0 Å². The van der Waals surface area contributed by atoms with Crippen LogP contribution in [-0.2, 0) is 4.79 Å². The summed E-state index contributed by atoms with van der Waals surface area (Å²) in [6, 6.07) is 13.1. The van der Waals surface area contributed by atoms with Gasteiger partial charge in [-0.3, -0.25) is 14.9 Å². The molecule has 0 fully saturated rings. The Balaban J connectivity index is 1.84. The molecule has 0 aliphatic carbocycles. The van der Waals surface area contributed by atoms with Crippen LogP contribution in [0.25, 0.3) is 0 Å². The van der Waals surface area contributed by atoms with Crippen LogP contribution in [0.2, 0.25) is 0 Å². The molecular weight excluding hydrogens is 364 g/mol. The van der Waals surface area contributed by atoms with Gasteiger partial charge in [-0.05, 0) is 36.8 Å². The van der Waals surface area contributed by atoms with E-state index < -0.39 is 4.92 Å². The third-order valence-electron chi connectivity index (χ3n) is 3.16. The number of ether oxygens (including phenoxy) is 1. The Morgan fingerprint density at radius 2 is 1.83 bits per heavy atom. The fourth-order valence-corrected chi connectivity index (χ4v) is 2.20. The fraction of sp³-hybridized carbons (Fsp3) is 0.188. The molecule has 0 radical (unpaired) electrons. The highest BCUT2D eigenvalue weighted by Crippen LogP contribution is 2.18. The Morgan fingerprint density at radius 1 is 1.22 bits per heavy atom. The van der Waals surface area contributed by atoms with E-state index >= 15 is 0 Å². The second kappa shape index (κ2) is 7.73. The van der Waals surface area contributed by atoms with E-state index in [2.05, 4.69) is 21.2 Å². The molecule has 0 saturated heterocycles. The molecular formula is C16H15BrN2O4. The molecule has 1 atom stereocenters. The molecule has 0 saturated carbocycles. The molecule has 0 aliphatic rings. The van der Waals surface area contributed by atoms with Gasteiger partial charge in [0.1, 0.15) is 5.75 Å². The van der Waals surface area contributed by atoms with E-state index in [-0.39, 0.29) is 24.2 Å². The van der Waals surface area contributed by atoms with Crippen LogP contribution in [0.1, 0.15) is 18.5 Å². The van der Waals surface area contributed by atoms with Crippen LogP contribution in [0.4, 0.5) is 5.69 Å². The number of hydrogen-bond donors (Lipinski definition) is 1. The molecule has 2 aromatic carbocycles. The zero-order valence-corrected chi connectivity index (χ0v) is 13.9. The molecule has 6 nitrogen and oxygen atoms in total. The van der Waals surface area contributed by atoms with Gasteiger partial charge < -0.3 is 10.1 Å². The summed E-state index contributed by atoms with van der Waals surface area (Å²) in [5.74, 6) is 0.140. The van der Waals surface area contributed by atoms with Gasteiger partial charge in [-0.25, -0.2) is 0 Å². The lowest BCUT2D eigenvalue weighted by molar-refractivity contribution is -0.384. The van der Waals surface area contributed by atoms with Crippen LogP contribution in [0, 0.1) is 10.1 Å². The maximum atomic E-state index is 11.9. The summed E-state index contributed by atoms with van der Waals surface area (Å²) in [5.41, 5.74) is 0.961. The van der Waals surface area contributed by atoms with Crippen molar-refractivity contribution >= 4 is 27.5 Å². The molecule has 7 heteroatoms.